The fourth-order valence-electron chi connectivity index (χ4n) is 3.62. The van der Waals surface area contributed by atoms with Crippen LogP contribution in [0.15, 0.2) is 34.9 Å². The number of nitrogens with zero attached hydrogens (tertiary/aromatic N) is 2. The third-order valence-corrected chi connectivity index (χ3v) is 5.00. The van der Waals surface area contributed by atoms with Crippen LogP contribution in [0.1, 0.15) is 18.7 Å². The van der Waals surface area contributed by atoms with Crippen LogP contribution in [0.4, 0.5) is 0 Å². The molecule has 3 heterocycles. The molecule has 0 radical (unpaired) electrons. The molecule has 2 aliphatic rings. The summed E-state index contributed by atoms with van der Waals surface area (Å²) in [4.78, 5) is 6.89. The molecule has 0 saturated carbocycles. The van der Waals surface area contributed by atoms with E-state index in [0.29, 0.717) is 5.02 Å². The number of oxazole rings is 1. The Morgan fingerprint density at radius 2 is 2.17 bits per heavy atom. The second-order valence-corrected chi connectivity index (χ2v) is 6.70. The third-order valence-electron chi connectivity index (χ3n) is 4.76. The lowest BCUT2D eigenvalue weighted by Gasteiger charge is -2.33. The van der Waals surface area contributed by atoms with Crippen molar-refractivity contribution < 1.29 is 4.42 Å². The zero-order valence-electron chi connectivity index (χ0n) is 13.3. The first-order valence-corrected chi connectivity index (χ1v) is 8.32. The van der Waals surface area contributed by atoms with Crippen LogP contribution in [-0.4, -0.2) is 35.6 Å². The number of fused-ring (bicyclic) bond motifs is 1. The van der Waals surface area contributed by atoms with Crippen molar-refractivity contribution in [1.82, 2.24) is 15.2 Å². The van der Waals surface area contributed by atoms with Gasteiger partial charge in [-0.1, -0.05) is 23.7 Å². The minimum Gasteiger partial charge on any atom is -0.439 e. The Labute approximate surface area is 159 Å². The molecule has 132 valence electrons. The first-order chi connectivity index (χ1) is 10.8. The number of piperidine rings is 1. The van der Waals surface area contributed by atoms with E-state index in [1.165, 1.54) is 19.4 Å². The molecule has 2 saturated heterocycles. The molecule has 1 aromatic carbocycles. The third kappa shape index (κ3) is 4.24. The van der Waals surface area contributed by atoms with Crippen LogP contribution < -0.4 is 5.32 Å². The Hall–Kier alpha value is -0.780. The minimum atomic E-state index is 0. The van der Waals surface area contributed by atoms with Crippen molar-refractivity contribution in [3.8, 4) is 11.3 Å². The maximum absolute atomic E-state index is 6.03. The van der Waals surface area contributed by atoms with Gasteiger partial charge in [0.15, 0.2) is 5.76 Å². The van der Waals surface area contributed by atoms with Crippen LogP contribution in [0.2, 0.25) is 5.02 Å². The molecule has 0 bridgehead atoms. The lowest BCUT2D eigenvalue weighted by atomic mass is 9.93. The van der Waals surface area contributed by atoms with Crippen LogP contribution in [-0.2, 0) is 6.54 Å². The second kappa shape index (κ2) is 8.54. The van der Waals surface area contributed by atoms with Crippen molar-refractivity contribution in [2.75, 3.05) is 19.6 Å². The Bertz CT molecular complexity index is 664. The van der Waals surface area contributed by atoms with E-state index in [4.69, 9.17) is 16.0 Å². The number of hydrogen-bond donors (Lipinski definition) is 1. The van der Waals surface area contributed by atoms with Crippen LogP contribution in [0, 0.1) is 5.92 Å². The number of rotatable bonds is 3. The number of aromatic nitrogens is 1. The number of nitrogens with one attached hydrogen (secondary N) is 1. The molecular formula is C17H22Cl3N3O. The van der Waals surface area contributed by atoms with Gasteiger partial charge in [-0.2, -0.15) is 0 Å². The van der Waals surface area contributed by atoms with Gasteiger partial charge in [0.2, 0.25) is 5.89 Å². The second-order valence-electron chi connectivity index (χ2n) is 6.26. The normalized spacial score (nSPS) is 23.2. The zero-order valence-corrected chi connectivity index (χ0v) is 15.7. The van der Waals surface area contributed by atoms with Gasteiger partial charge in [0.05, 0.1) is 12.7 Å². The van der Waals surface area contributed by atoms with E-state index in [9.17, 15) is 0 Å². The van der Waals surface area contributed by atoms with Crippen molar-refractivity contribution in [2.45, 2.75) is 25.4 Å². The number of benzene rings is 1. The molecule has 2 fully saturated rings. The predicted octanol–water partition coefficient (Wildman–Crippen LogP) is 4.02. The maximum atomic E-state index is 6.03. The smallest absolute Gasteiger partial charge is 0.209 e. The Morgan fingerprint density at radius 3 is 3.00 bits per heavy atom. The summed E-state index contributed by atoms with van der Waals surface area (Å²) < 4.78 is 5.91. The van der Waals surface area contributed by atoms with Crippen LogP contribution >= 0.6 is 36.4 Å². The topological polar surface area (TPSA) is 41.3 Å². The fourth-order valence-corrected chi connectivity index (χ4v) is 3.81. The highest BCUT2D eigenvalue weighted by Gasteiger charge is 2.32. The Kier molecular flexibility index (Phi) is 6.96. The summed E-state index contributed by atoms with van der Waals surface area (Å²) in [5, 5.41) is 4.31. The van der Waals surface area contributed by atoms with Gasteiger partial charge < -0.3 is 9.73 Å². The van der Waals surface area contributed by atoms with Crippen molar-refractivity contribution in [1.29, 1.82) is 0 Å². The monoisotopic (exact) mass is 389 g/mol. The van der Waals surface area contributed by atoms with E-state index < -0.39 is 0 Å². The first kappa shape index (κ1) is 19.5. The standard InChI is InChI=1S/C17H20ClN3O.2ClH/c18-14-3-1-2-12(8-14)16-9-20-17(22-16)11-21-7-5-15-13(10-21)4-6-19-15;;/h1-3,8-9,13,15,19H,4-7,10-11H2;2*1H. The van der Waals surface area contributed by atoms with E-state index in [1.54, 1.807) is 6.20 Å². The van der Waals surface area contributed by atoms with Gasteiger partial charge in [-0.15, -0.1) is 24.8 Å². The van der Waals surface area contributed by atoms with Crippen molar-refractivity contribution in [2.24, 2.45) is 5.92 Å². The number of halogens is 3. The molecule has 0 aliphatic carbocycles. The number of hydrogen-bond acceptors (Lipinski definition) is 4. The van der Waals surface area contributed by atoms with E-state index in [1.807, 2.05) is 24.3 Å². The summed E-state index contributed by atoms with van der Waals surface area (Å²) >= 11 is 6.03. The van der Waals surface area contributed by atoms with E-state index >= 15 is 0 Å². The van der Waals surface area contributed by atoms with Gasteiger partial charge in [-0.25, -0.2) is 4.98 Å². The predicted molar refractivity (Wildman–Crippen MR) is 101 cm³/mol. The molecule has 0 spiro atoms. The van der Waals surface area contributed by atoms with Crippen LogP contribution in [0.25, 0.3) is 11.3 Å². The molecule has 2 aromatic rings. The van der Waals surface area contributed by atoms with Gasteiger partial charge >= 0.3 is 0 Å². The molecule has 0 amide bonds. The van der Waals surface area contributed by atoms with Crippen molar-refractivity contribution in [3.05, 3.63) is 41.4 Å². The SMILES string of the molecule is Cl.Cl.Clc1cccc(-c2cnc(CN3CCC4NCCC4C3)o2)c1. The van der Waals surface area contributed by atoms with Gasteiger partial charge in [-0.05, 0) is 37.4 Å². The molecule has 4 rings (SSSR count). The average Bonchev–Trinajstić information content (AvgIpc) is 3.16. The molecule has 24 heavy (non-hydrogen) atoms. The van der Waals surface area contributed by atoms with Crippen LogP contribution in [0.3, 0.4) is 0 Å². The molecule has 1 N–H and O–H groups in total. The molecule has 7 heteroatoms. The summed E-state index contributed by atoms with van der Waals surface area (Å²) in [6, 6.07) is 8.41. The van der Waals surface area contributed by atoms with Crippen LogP contribution in [0.5, 0.6) is 0 Å². The first-order valence-electron chi connectivity index (χ1n) is 7.94. The highest BCUT2D eigenvalue weighted by Crippen LogP contribution is 2.27. The average molecular weight is 391 g/mol. The largest absolute Gasteiger partial charge is 0.439 e. The molecule has 2 unspecified atom stereocenters. The molecule has 1 aromatic heterocycles. The highest BCUT2D eigenvalue weighted by molar-refractivity contribution is 6.30. The van der Waals surface area contributed by atoms with Crippen molar-refractivity contribution in [3.63, 3.8) is 0 Å². The summed E-state index contributed by atoms with van der Waals surface area (Å²) in [6.45, 7) is 4.22. The zero-order chi connectivity index (χ0) is 14.9. The van der Waals surface area contributed by atoms with Crippen molar-refractivity contribution >= 4 is 36.4 Å². The lowest BCUT2D eigenvalue weighted by molar-refractivity contribution is 0.144. The van der Waals surface area contributed by atoms with E-state index in [2.05, 4.69) is 15.2 Å². The molecule has 4 nitrogen and oxygen atoms in total. The quantitative estimate of drug-likeness (QED) is 0.859. The Morgan fingerprint density at radius 1 is 1.29 bits per heavy atom. The highest BCUT2D eigenvalue weighted by atomic mass is 35.5. The Balaban J connectivity index is 0.00000104. The lowest BCUT2D eigenvalue weighted by Crippen LogP contribution is -2.43. The summed E-state index contributed by atoms with van der Waals surface area (Å²) in [7, 11) is 0. The minimum absolute atomic E-state index is 0. The van der Waals surface area contributed by atoms with Gasteiger partial charge in [-0.3, -0.25) is 4.90 Å². The maximum Gasteiger partial charge on any atom is 0.209 e. The van der Waals surface area contributed by atoms with Gasteiger partial charge in [0.1, 0.15) is 0 Å². The summed E-state index contributed by atoms with van der Waals surface area (Å²) in [6.07, 6.45) is 4.32. The van der Waals surface area contributed by atoms with Gasteiger partial charge in [0, 0.05) is 29.7 Å². The van der Waals surface area contributed by atoms with E-state index in [0.717, 1.165) is 48.8 Å². The number of likely N-dealkylation sites (tertiary alicyclic amines) is 1. The fraction of sp³-hybridized carbons (Fsp3) is 0.471. The molecule has 2 aliphatic heterocycles. The molecule has 2 atom stereocenters. The summed E-state index contributed by atoms with van der Waals surface area (Å²) in [5.41, 5.74) is 0.977. The van der Waals surface area contributed by atoms with Gasteiger partial charge in [0.25, 0.3) is 0 Å². The van der Waals surface area contributed by atoms with E-state index in [-0.39, 0.29) is 24.8 Å². The summed E-state index contributed by atoms with van der Waals surface area (Å²) in [5.74, 6) is 2.37. The molecular weight excluding hydrogens is 369 g/mol.